The zero-order valence-electron chi connectivity index (χ0n) is 16.6. The average molecular weight is 409 g/mol. The summed E-state index contributed by atoms with van der Waals surface area (Å²) >= 11 is 0. The Hall–Kier alpha value is -4.15. The Labute approximate surface area is 178 Å². The van der Waals surface area contributed by atoms with Crippen LogP contribution in [0, 0.1) is 11.8 Å². The molecule has 0 saturated carbocycles. The van der Waals surface area contributed by atoms with Crippen LogP contribution >= 0.6 is 0 Å². The number of amides is 2. The molecule has 1 aliphatic rings. The van der Waals surface area contributed by atoms with E-state index in [0.717, 1.165) is 33.3 Å². The second-order valence-electron chi connectivity index (χ2n) is 7.30. The van der Waals surface area contributed by atoms with Crippen LogP contribution in [0.2, 0.25) is 0 Å². The molecule has 0 aliphatic carbocycles. The summed E-state index contributed by atoms with van der Waals surface area (Å²) in [5.41, 5.74) is 9.04. The van der Waals surface area contributed by atoms with E-state index in [4.69, 9.17) is 10.6 Å². The van der Waals surface area contributed by atoms with Gasteiger partial charge in [-0.1, -0.05) is 54.3 Å². The molecule has 0 bridgehead atoms. The summed E-state index contributed by atoms with van der Waals surface area (Å²) in [6.45, 7) is 0.393. The summed E-state index contributed by atoms with van der Waals surface area (Å²) in [5, 5.41) is 9.00. The quantitative estimate of drug-likeness (QED) is 0.496. The number of pyridine rings is 1. The van der Waals surface area contributed by atoms with Gasteiger partial charge >= 0.3 is 6.03 Å². The summed E-state index contributed by atoms with van der Waals surface area (Å²) in [6.07, 6.45) is 4.02. The molecule has 0 spiro atoms. The number of benzene rings is 2. The molecule has 1 aliphatic heterocycles. The van der Waals surface area contributed by atoms with Gasteiger partial charge in [0.1, 0.15) is 5.54 Å². The number of aromatic nitrogens is 3. The van der Waals surface area contributed by atoms with E-state index in [-0.39, 0.29) is 0 Å². The SMILES string of the molecule is NC(=O)N1OCCC1(c1ccccc1)c1cccc(C#Cc2cnc3[nH]ncc3c2)c1. The number of carbonyl (C=O) groups is 1. The van der Waals surface area contributed by atoms with E-state index < -0.39 is 11.6 Å². The van der Waals surface area contributed by atoms with Crippen molar-refractivity contribution in [3.63, 3.8) is 0 Å². The average Bonchev–Trinajstić information content (AvgIpc) is 3.46. The molecule has 31 heavy (non-hydrogen) atoms. The normalized spacial score (nSPS) is 18.0. The molecule has 2 aromatic carbocycles. The van der Waals surface area contributed by atoms with Crippen molar-refractivity contribution in [2.45, 2.75) is 12.0 Å². The van der Waals surface area contributed by atoms with Crippen LogP contribution in [0.25, 0.3) is 11.0 Å². The van der Waals surface area contributed by atoms with Crippen LogP contribution in [0.5, 0.6) is 0 Å². The Morgan fingerprint density at radius 1 is 1.03 bits per heavy atom. The minimum Gasteiger partial charge on any atom is -0.350 e. The largest absolute Gasteiger partial charge is 0.350 e. The molecular weight excluding hydrogens is 390 g/mol. The van der Waals surface area contributed by atoms with Crippen LogP contribution in [0.3, 0.4) is 0 Å². The third-order valence-electron chi connectivity index (χ3n) is 5.47. The molecule has 1 fully saturated rings. The predicted molar refractivity (Wildman–Crippen MR) is 116 cm³/mol. The van der Waals surface area contributed by atoms with Crippen LogP contribution in [-0.4, -0.2) is 32.9 Å². The highest BCUT2D eigenvalue weighted by Crippen LogP contribution is 2.43. The standard InChI is InChI=1S/C24H19N5O2/c25-23(30)29-24(11-12-31-29,20-6-2-1-3-7-20)21-8-4-5-17(14-21)9-10-18-13-19-16-27-28-22(19)26-15-18/h1-8,13-16H,11-12H2,(H2,25,30)(H,26,27,28). The van der Waals surface area contributed by atoms with Crippen LogP contribution in [0.15, 0.2) is 73.1 Å². The van der Waals surface area contributed by atoms with E-state index in [2.05, 4.69) is 27.0 Å². The highest BCUT2D eigenvalue weighted by Gasteiger charge is 2.47. The molecule has 4 aromatic rings. The predicted octanol–water partition coefficient (Wildman–Crippen LogP) is 3.32. The number of H-pyrrole nitrogens is 1. The summed E-state index contributed by atoms with van der Waals surface area (Å²) in [4.78, 5) is 22.2. The van der Waals surface area contributed by atoms with Gasteiger partial charge in [0, 0.05) is 29.1 Å². The Morgan fingerprint density at radius 3 is 2.68 bits per heavy atom. The molecule has 1 atom stereocenters. The zero-order chi connectivity index (χ0) is 21.3. The van der Waals surface area contributed by atoms with E-state index in [0.29, 0.717) is 13.0 Å². The molecule has 1 unspecified atom stereocenters. The van der Waals surface area contributed by atoms with Crippen LogP contribution in [-0.2, 0) is 10.4 Å². The molecule has 7 heteroatoms. The molecule has 3 N–H and O–H groups in total. The monoisotopic (exact) mass is 409 g/mol. The fourth-order valence-corrected chi connectivity index (χ4v) is 4.06. The Kier molecular flexibility index (Phi) is 4.62. The maximum absolute atomic E-state index is 12.2. The lowest BCUT2D eigenvalue weighted by Crippen LogP contribution is -2.47. The highest BCUT2D eigenvalue weighted by atomic mass is 16.7. The molecule has 0 radical (unpaired) electrons. The van der Waals surface area contributed by atoms with E-state index >= 15 is 0 Å². The first-order chi connectivity index (χ1) is 15.2. The molecule has 2 amide bonds. The minimum absolute atomic E-state index is 0.393. The van der Waals surface area contributed by atoms with Crippen molar-refractivity contribution in [1.29, 1.82) is 0 Å². The summed E-state index contributed by atoms with van der Waals surface area (Å²) in [6, 6.07) is 18.9. The topological polar surface area (TPSA) is 97.1 Å². The lowest BCUT2D eigenvalue weighted by Gasteiger charge is -2.36. The molecule has 5 rings (SSSR count). The third-order valence-corrected chi connectivity index (χ3v) is 5.47. The van der Waals surface area contributed by atoms with Crippen molar-refractivity contribution in [3.8, 4) is 11.8 Å². The third kappa shape index (κ3) is 3.29. The molecule has 3 heterocycles. The zero-order valence-corrected chi connectivity index (χ0v) is 16.6. The first-order valence-corrected chi connectivity index (χ1v) is 9.87. The number of hydrogen-bond acceptors (Lipinski definition) is 4. The van der Waals surface area contributed by atoms with Crippen molar-refractivity contribution in [2.75, 3.05) is 6.61 Å². The van der Waals surface area contributed by atoms with Gasteiger partial charge in [-0.2, -0.15) is 10.2 Å². The van der Waals surface area contributed by atoms with E-state index in [1.807, 2.05) is 60.7 Å². The van der Waals surface area contributed by atoms with Crippen LogP contribution in [0.1, 0.15) is 28.7 Å². The lowest BCUT2D eigenvalue weighted by molar-refractivity contribution is -0.107. The van der Waals surface area contributed by atoms with Crippen molar-refractivity contribution in [2.24, 2.45) is 5.73 Å². The van der Waals surface area contributed by atoms with E-state index in [1.54, 1.807) is 12.4 Å². The number of nitrogens with zero attached hydrogens (tertiary/aromatic N) is 3. The van der Waals surface area contributed by atoms with Gasteiger partial charge in [-0.05, 0) is 29.3 Å². The highest BCUT2D eigenvalue weighted by molar-refractivity contribution is 5.75. The Balaban J connectivity index is 1.57. The molecule has 7 nitrogen and oxygen atoms in total. The van der Waals surface area contributed by atoms with Crippen molar-refractivity contribution < 1.29 is 9.63 Å². The fraction of sp³-hybridized carbons (Fsp3) is 0.125. The summed E-state index contributed by atoms with van der Waals surface area (Å²) < 4.78 is 0. The second-order valence-corrected chi connectivity index (χ2v) is 7.30. The van der Waals surface area contributed by atoms with Crippen molar-refractivity contribution >= 4 is 17.1 Å². The van der Waals surface area contributed by atoms with Gasteiger partial charge in [0.2, 0.25) is 0 Å². The Bertz CT molecular complexity index is 1320. The molecule has 2 aromatic heterocycles. The fourth-order valence-electron chi connectivity index (χ4n) is 4.06. The van der Waals surface area contributed by atoms with Gasteiger partial charge in [-0.3, -0.25) is 9.94 Å². The van der Waals surface area contributed by atoms with Gasteiger partial charge in [-0.15, -0.1) is 0 Å². The number of urea groups is 1. The Morgan fingerprint density at radius 2 is 1.84 bits per heavy atom. The van der Waals surface area contributed by atoms with Crippen LogP contribution < -0.4 is 5.73 Å². The number of nitrogens with one attached hydrogen (secondary N) is 1. The van der Waals surface area contributed by atoms with Crippen molar-refractivity contribution in [1.82, 2.24) is 20.2 Å². The van der Waals surface area contributed by atoms with E-state index in [1.165, 1.54) is 5.06 Å². The maximum Gasteiger partial charge on any atom is 0.339 e. The minimum atomic E-state index is -0.804. The number of nitrogens with two attached hydrogens (primary N) is 1. The lowest BCUT2D eigenvalue weighted by atomic mass is 9.80. The first-order valence-electron chi connectivity index (χ1n) is 9.87. The number of primary amides is 1. The van der Waals surface area contributed by atoms with Gasteiger partial charge in [0.25, 0.3) is 0 Å². The summed E-state index contributed by atoms with van der Waals surface area (Å²) in [5.74, 6) is 6.35. The number of carbonyl (C=O) groups excluding carboxylic acids is 1. The number of fused-ring (bicyclic) bond motifs is 1. The molecular formula is C24H19N5O2. The second kappa shape index (κ2) is 7.59. The van der Waals surface area contributed by atoms with Gasteiger partial charge in [0.05, 0.1) is 12.8 Å². The van der Waals surface area contributed by atoms with Gasteiger partial charge in [0.15, 0.2) is 5.65 Å². The summed E-state index contributed by atoms with van der Waals surface area (Å²) in [7, 11) is 0. The molecule has 1 saturated heterocycles. The van der Waals surface area contributed by atoms with Crippen LogP contribution in [0.4, 0.5) is 4.79 Å². The van der Waals surface area contributed by atoms with Gasteiger partial charge in [-0.25, -0.2) is 9.78 Å². The number of aromatic amines is 1. The smallest absolute Gasteiger partial charge is 0.339 e. The number of rotatable bonds is 2. The molecule has 152 valence electrons. The number of hydroxylamine groups is 2. The number of hydrogen-bond donors (Lipinski definition) is 2. The van der Waals surface area contributed by atoms with Crippen molar-refractivity contribution in [3.05, 3.63) is 95.3 Å². The van der Waals surface area contributed by atoms with Gasteiger partial charge < -0.3 is 5.73 Å². The first kappa shape index (κ1) is 18.9. The maximum atomic E-state index is 12.2. The van der Waals surface area contributed by atoms with E-state index in [9.17, 15) is 4.79 Å².